The molecule has 0 heterocycles. The maximum Gasteiger partial charge on any atom is 0.306 e. The van der Waals surface area contributed by atoms with Gasteiger partial charge in [0.05, 0.1) is 0 Å². The molecular formula is C74H134O6. The molecule has 80 heavy (non-hydrogen) atoms. The Morgan fingerprint density at radius 2 is 0.487 bits per heavy atom. The van der Waals surface area contributed by atoms with Crippen molar-refractivity contribution >= 4 is 17.9 Å². The fourth-order valence-electron chi connectivity index (χ4n) is 10.5. The molecule has 0 aromatic carbocycles. The first-order chi connectivity index (χ1) is 39.5. The van der Waals surface area contributed by atoms with Crippen LogP contribution in [0.25, 0.3) is 0 Å². The van der Waals surface area contributed by atoms with Crippen molar-refractivity contribution in [2.45, 2.75) is 380 Å². The van der Waals surface area contributed by atoms with Crippen LogP contribution >= 0.6 is 0 Å². The minimum atomic E-state index is -0.776. The second-order valence-electron chi connectivity index (χ2n) is 23.8. The van der Waals surface area contributed by atoms with Crippen LogP contribution in [0.3, 0.4) is 0 Å². The zero-order chi connectivity index (χ0) is 57.8. The van der Waals surface area contributed by atoms with E-state index in [9.17, 15) is 14.4 Å². The molecule has 0 aromatic heterocycles. The zero-order valence-electron chi connectivity index (χ0n) is 53.6. The van der Waals surface area contributed by atoms with Crippen LogP contribution in [0.5, 0.6) is 0 Å². The van der Waals surface area contributed by atoms with Crippen molar-refractivity contribution < 1.29 is 28.6 Å². The van der Waals surface area contributed by atoms with Crippen molar-refractivity contribution in [3.63, 3.8) is 0 Å². The van der Waals surface area contributed by atoms with Gasteiger partial charge in [0.15, 0.2) is 6.10 Å². The molecule has 0 radical (unpaired) electrons. The van der Waals surface area contributed by atoms with E-state index in [-0.39, 0.29) is 31.1 Å². The van der Waals surface area contributed by atoms with E-state index in [0.717, 1.165) is 89.9 Å². The van der Waals surface area contributed by atoms with Crippen LogP contribution in [0.15, 0.2) is 60.8 Å². The second kappa shape index (κ2) is 68.6. The Bertz CT molecular complexity index is 1430. The van der Waals surface area contributed by atoms with Crippen LogP contribution < -0.4 is 0 Å². The fourth-order valence-corrected chi connectivity index (χ4v) is 10.5. The van der Waals surface area contributed by atoms with E-state index in [1.165, 1.54) is 244 Å². The number of rotatable bonds is 65. The first-order valence-electron chi connectivity index (χ1n) is 35.3. The summed E-state index contributed by atoms with van der Waals surface area (Å²) < 4.78 is 17.0. The van der Waals surface area contributed by atoms with Gasteiger partial charge in [-0.3, -0.25) is 14.4 Å². The van der Waals surface area contributed by atoms with Crippen molar-refractivity contribution in [2.24, 2.45) is 0 Å². The summed E-state index contributed by atoms with van der Waals surface area (Å²) in [5.41, 5.74) is 0. The molecule has 0 fully saturated rings. The van der Waals surface area contributed by atoms with Gasteiger partial charge in [0.1, 0.15) is 13.2 Å². The standard InChI is InChI=1S/C74H134O6/c1-4-7-10-13-16-19-22-25-27-29-31-33-35-36-37-38-39-41-42-44-46-49-52-55-58-61-64-67-73(76)79-70-71(69-78-72(75)66-63-60-57-54-51-48-24-21-18-15-12-9-6-3)80-74(77)68-65-62-59-56-53-50-47-45-43-40-34-32-30-28-26-23-20-17-14-11-8-5-2/h7,10,16,19,21,24-25,27,31,33,71H,4-6,8-9,11-15,17-18,20,22-23,26,28-30,32,34-70H2,1-3H3/b10-7-,19-16-,24-21-,27-25-,33-31-. The number of ether oxygens (including phenoxy) is 3. The number of carbonyl (C=O) groups excluding carboxylic acids is 3. The first kappa shape index (κ1) is 77.1. The summed E-state index contributed by atoms with van der Waals surface area (Å²) in [5, 5.41) is 0. The molecule has 466 valence electrons. The number of esters is 3. The maximum absolute atomic E-state index is 13.0. The summed E-state index contributed by atoms with van der Waals surface area (Å²) in [5.74, 6) is -0.856. The Hall–Kier alpha value is -2.89. The molecule has 0 saturated heterocycles. The predicted molar refractivity (Wildman–Crippen MR) is 348 cm³/mol. The molecule has 6 heteroatoms. The van der Waals surface area contributed by atoms with E-state index < -0.39 is 6.10 Å². The lowest BCUT2D eigenvalue weighted by atomic mass is 10.0. The highest BCUT2D eigenvalue weighted by Gasteiger charge is 2.19. The first-order valence-corrected chi connectivity index (χ1v) is 35.3. The molecule has 6 nitrogen and oxygen atoms in total. The molecule has 1 unspecified atom stereocenters. The molecule has 0 N–H and O–H groups in total. The number of unbranched alkanes of at least 4 members (excludes halogenated alkanes) is 44. The normalized spacial score (nSPS) is 12.4. The minimum absolute atomic E-state index is 0.0723. The molecule has 0 aliphatic rings. The molecule has 0 saturated carbocycles. The Kier molecular flexibility index (Phi) is 66.1. The van der Waals surface area contributed by atoms with Gasteiger partial charge in [-0.2, -0.15) is 0 Å². The van der Waals surface area contributed by atoms with Gasteiger partial charge < -0.3 is 14.2 Å². The Balaban J connectivity index is 4.23. The number of hydrogen-bond donors (Lipinski definition) is 0. The highest BCUT2D eigenvalue weighted by Crippen LogP contribution is 2.18. The Morgan fingerprint density at radius 1 is 0.263 bits per heavy atom. The molecule has 0 aliphatic heterocycles. The van der Waals surface area contributed by atoms with Crippen LogP contribution in [0, 0.1) is 0 Å². The molecule has 0 spiro atoms. The van der Waals surface area contributed by atoms with Crippen LogP contribution in [0.1, 0.15) is 374 Å². The predicted octanol–water partition coefficient (Wildman–Crippen LogP) is 24.3. The third kappa shape index (κ3) is 65.9. The van der Waals surface area contributed by atoms with E-state index in [0.29, 0.717) is 19.3 Å². The number of allylic oxidation sites excluding steroid dienone is 10. The molecule has 1 atom stereocenters. The molecule has 0 amide bonds. The van der Waals surface area contributed by atoms with Gasteiger partial charge in [-0.1, -0.05) is 332 Å². The Morgan fingerprint density at radius 3 is 0.787 bits per heavy atom. The second-order valence-corrected chi connectivity index (χ2v) is 23.8. The summed E-state index contributed by atoms with van der Waals surface area (Å²) >= 11 is 0. The van der Waals surface area contributed by atoms with Crippen LogP contribution in [-0.2, 0) is 28.6 Å². The summed E-state index contributed by atoms with van der Waals surface area (Å²) in [4.78, 5) is 38.4. The summed E-state index contributed by atoms with van der Waals surface area (Å²) in [6.07, 6.45) is 88.2. The average Bonchev–Trinajstić information content (AvgIpc) is 3.46. The quantitative estimate of drug-likeness (QED) is 0.0261. The lowest BCUT2D eigenvalue weighted by molar-refractivity contribution is -0.167. The topological polar surface area (TPSA) is 78.9 Å². The van der Waals surface area contributed by atoms with E-state index in [4.69, 9.17) is 14.2 Å². The van der Waals surface area contributed by atoms with Gasteiger partial charge in [-0.05, 0) is 83.5 Å². The van der Waals surface area contributed by atoms with Crippen LogP contribution in [0.2, 0.25) is 0 Å². The van der Waals surface area contributed by atoms with E-state index in [1.54, 1.807) is 0 Å². The van der Waals surface area contributed by atoms with Crippen LogP contribution in [0.4, 0.5) is 0 Å². The van der Waals surface area contributed by atoms with Gasteiger partial charge in [-0.25, -0.2) is 0 Å². The summed E-state index contributed by atoms with van der Waals surface area (Å²) in [7, 11) is 0. The summed E-state index contributed by atoms with van der Waals surface area (Å²) in [6.45, 7) is 6.57. The van der Waals surface area contributed by atoms with Crippen molar-refractivity contribution in [1.82, 2.24) is 0 Å². The highest BCUT2D eigenvalue weighted by molar-refractivity contribution is 5.71. The average molecular weight is 1120 g/mol. The van der Waals surface area contributed by atoms with E-state index in [1.807, 2.05) is 0 Å². The van der Waals surface area contributed by atoms with Crippen molar-refractivity contribution in [3.8, 4) is 0 Å². The lowest BCUT2D eigenvalue weighted by Gasteiger charge is -2.18. The molecule has 0 aromatic rings. The van der Waals surface area contributed by atoms with Crippen molar-refractivity contribution in [3.05, 3.63) is 60.8 Å². The van der Waals surface area contributed by atoms with Gasteiger partial charge in [0.25, 0.3) is 0 Å². The van der Waals surface area contributed by atoms with E-state index >= 15 is 0 Å². The number of carbonyl (C=O) groups is 3. The molecule has 0 rings (SSSR count). The third-order valence-electron chi connectivity index (χ3n) is 15.8. The van der Waals surface area contributed by atoms with Crippen molar-refractivity contribution in [1.29, 1.82) is 0 Å². The molecule has 0 bridgehead atoms. The molecular weight excluding hydrogens is 985 g/mol. The fraction of sp³-hybridized carbons (Fsp3) is 0.824. The SMILES string of the molecule is CC/C=C\C/C=C\C/C=C\C/C=C\CCCCCCCCCCCCCCCCC(=O)OCC(COC(=O)CCCCCCC/C=C\CCCCCC)OC(=O)CCCCCCCCCCCCCCCCCCCCCCCC. The zero-order valence-corrected chi connectivity index (χ0v) is 53.6. The lowest BCUT2D eigenvalue weighted by Crippen LogP contribution is -2.30. The smallest absolute Gasteiger partial charge is 0.306 e. The highest BCUT2D eigenvalue weighted by atomic mass is 16.6. The van der Waals surface area contributed by atoms with Crippen molar-refractivity contribution in [2.75, 3.05) is 13.2 Å². The van der Waals surface area contributed by atoms with Gasteiger partial charge in [-0.15, -0.1) is 0 Å². The number of hydrogen-bond acceptors (Lipinski definition) is 6. The third-order valence-corrected chi connectivity index (χ3v) is 15.8. The maximum atomic E-state index is 13.0. The molecule has 0 aliphatic carbocycles. The largest absolute Gasteiger partial charge is 0.462 e. The monoisotopic (exact) mass is 1120 g/mol. The van der Waals surface area contributed by atoms with Crippen LogP contribution in [-0.4, -0.2) is 37.2 Å². The Labute approximate surface area is 498 Å². The summed E-state index contributed by atoms with van der Waals surface area (Å²) in [6, 6.07) is 0. The van der Waals surface area contributed by atoms with Gasteiger partial charge >= 0.3 is 17.9 Å². The van der Waals surface area contributed by atoms with E-state index in [2.05, 4.69) is 81.5 Å². The van der Waals surface area contributed by atoms with Gasteiger partial charge in [0.2, 0.25) is 0 Å². The minimum Gasteiger partial charge on any atom is -0.462 e. The van der Waals surface area contributed by atoms with Gasteiger partial charge in [0, 0.05) is 19.3 Å².